The number of rotatable bonds is 2. The minimum Gasteiger partial charge on any atom is -0.324 e. The average Bonchev–Trinajstić information content (AvgIpc) is 2.71. The number of aromatic nitrogens is 2. The van der Waals surface area contributed by atoms with Crippen molar-refractivity contribution < 1.29 is 18.0 Å². The number of halogens is 3. The highest BCUT2D eigenvalue weighted by molar-refractivity contribution is 5.89. The van der Waals surface area contributed by atoms with E-state index >= 15 is 0 Å². The van der Waals surface area contributed by atoms with Crippen LogP contribution < -0.4 is 10.9 Å². The summed E-state index contributed by atoms with van der Waals surface area (Å²) in [6, 6.07) is 6.11. The van der Waals surface area contributed by atoms with Crippen LogP contribution in [0.25, 0.3) is 10.9 Å². The molecule has 0 spiro atoms. The number of amides is 2. The molecule has 1 N–H and O–H groups in total. The number of piperidine rings is 1. The zero-order valence-corrected chi connectivity index (χ0v) is 15.2. The quantitative estimate of drug-likeness (QED) is 0.711. The van der Waals surface area contributed by atoms with Crippen LogP contribution >= 0.6 is 0 Å². The van der Waals surface area contributed by atoms with E-state index in [1.807, 2.05) is 0 Å². The number of carbonyl (C=O) groups excluding carboxylic acids is 1. The van der Waals surface area contributed by atoms with Crippen molar-refractivity contribution in [2.75, 3.05) is 18.4 Å². The van der Waals surface area contributed by atoms with Crippen LogP contribution in [0.15, 0.2) is 47.5 Å². The van der Waals surface area contributed by atoms with E-state index in [-0.39, 0.29) is 22.7 Å². The number of fused-ring (bicyclic) bond motifs is 1. The van der Waals surface area contributed by atoms with Gasteiger partial charge in [-0.05, 0) is 43.2 Å². The predicted octanol–water partition coefficient (Wildman–Crippen LogP) is 3.68. The highest BCUT2D eigenvalue weighted by atomic mass is 19.1. The number of benzene rings is 2. The molecule has 3 aromatic rings. The Morgan fingerprint density at radius 3 is 2.45 bits per heavy atom. The van der Waals surface area contributed by atoms with E-state index in [0.29, 0.717) is 37.5 Å². The van der Waals surface area contributed by atoms with E-state index in [1.165, 1.54) is 34.0 Å². The molecule has 1 aromatic heterocycles. The summed E-state index contributed by atoms with van der Waals surface area (Å²) in [4.78, 5) is 30.8. The molecule has 1 aliphatic rings. The van der Waals surface area contributed by atoms with Gasteiger partial charge in [-0.25, -0.2) is 22.9 Å². The maximum atomic E-state index is 13.7. The van der Waals surface area contributed by atoms with Gasteiger partial charge in [0, 0.05) is 25.2 Å². The van der Waals surface area contributed by atoms with Gasteiger partial charge in [0.2, 0.25) is 0 Å². The maximum absolute atomic E-state index is 13.7. The van der Waals surface area contributed by atoms with E-state index in [2.05, 4.69) is 10.3 Å². The van der Waals surface area contributed by atoms with Gasteiger partial charge in [0.1, 0.15) is 17.5 Å². The van der Waals surface area contributed by atoms with E-state index in [0.717, 1.165) is 12.1 Å². The summed E-state index contributed by atoms with van der Waals surface area (Å²) < 4.78 is 41.7. The molecule has 150 valence electrons. The molecule has 2 aromatic carbocycles. The lowest BCUT2D eigenvalue weighted by Gasteiger charge is -2.32. The number of hydrogen-bond acceptors (Lipinski definition) is 3. The number of likely N-dealkylation sites (tertiary alicyclic amines) is 1. The van der Waals surface area contributed by atoms with Crippen molar-refractivity contribution >= 4 is 22.6 Å². The van der Waals surface area contributed by atoms with Crippen LogP contribution in [0.1, 0.15) is 18.9 Å². The van der Waals surface area contributed by atoms with Gasteiger partial charge in [-0.2, -0.15) is 0 Å². The van der Waals surface area contributed by atoms with Crippen molar-refractivity contribution in [2.24, 2.45) is 0 Å². The Bertz CT molecular complexity index is 1140. The first-order valence-electron chi connectivity index (χ1n) is 9.10. The van der Waals surface area contributed by atoms with Crippen LogP contribution in [-0.2, 0) is 0 Å². The molecule has 0 atom stereocenters. The number of nitrogens with one attached hydrogen (secondary N) is 1. The number of carbonyl (C=O) groups is 1. The van der Waals surface area contributed by atoms with E-state index in [1.54, 1.807) is 0 Å². The van der Waals surface area contributed by atoms with E-state index in [9.17, 15) is 22.8 Å². The Balaban J connectivity index is 1.45. The summed E-state index contributed by atoms with van der Waals surface area (Å²) in [5, 5.41) is 2.63. The lowest BCUT2D eigenvalue weighted by molar-refractivity contribution is 0.182. The summed E-state index contributed by atoms with van der Waals surface area (Å²) >= 11 is 0. The minimum atomic E-state index is -0.853. The van der Waals surface area contributed by atoms with E-state index in [4.69, 9.17) is 0 Å². The highest BCUT2D eigenvalue weighted by Crippen LogP contribution is 2.23. The third-order valence-corrected chi connectivity index (χ3v) is 5.06. The lowest BCUT2D eigenvalue weighted by Crippen LogP contribution is -2.43. The van der Waals surface area contributed by atoms with Gasteiger partial charge in [-0.3, -0.25) is 9.36 Å². The molecule has 29 heavy (non-hydrogen) atoms. The van der Waals surface area contributed by atoms with Gasteiger partial charge in [-0.15, -0.1) is 0 Å². The molecule has 2 amide bonds. The van der Waals surface area contributed by atoms with Gasteiger partial charge >= 0.3 is 6.03 Å². The topological polar surface area (TPSA) is 67.2 Å². The Labute approximate surface area is 163 Å². The first kappa shape index (κ1) is 19.0. The predicted molar refractivity (Wildman–Crippen MR) is 101 cm³/mol. The van der Waals surface area contributed by atoms with Crippen LogP contribution in [0.2, 0.25) is 0 Å². The molecule has 1 saturated heterocycles. The third-order valence-electron chi connectivity index (χ3n) is 5.06. The third kappa shape index (κ3) is 3.80. The molecule has 4 rings (SSSR count). The summed E-state index contributed by atoms with van der Waals surface area (Å²) in [5.74, 6) is -2.08. The van der Waals surface area contributed by atoms with Crippen molar-refractivity contribution in [3.05, 3.63) is 70.5 Å². The SMILES string of the molecule is O=C(Nc1ccc(F)cc1F)N1CCC(n2cnc3ccc(F)cc3c2=O)CC1. The first-order valence-corrected chi connectivity index (χ1v) is 9.10. The van der Waals surface area contributed by atoms with Crippen molar-refractivity contribution in [3.8, 4) is 0 Å². The fraction of sp³-hybridized carbons (Fsp3) is 0.250. The summed E-state index contributed by atoms with van der Waals surface area (Å²) in [6.45, 7) is 0.680. The Morgan fingerprint density at radius 1 is 1.03 bits per heavy atom. The fourth-order valence-corrected chi connectivity index (χ4v) is 3.50. The van der Waals surface area contributed by atoms with Gasteiger partial charge in [0.05, 0.1) is 22.9 Å². The van der Waals surface area contributed by atoms with Crippen LogP contribution in [-0.4, -0.2) is 33.6 Å². The highest BCUT2D eigenvalue weighted by Gasteiger charge is 2.25. The molecule has 0 radical (unpaired) electrons. The van der Waals surface area contributed by atoms with Gasteiger partial charge < -0.3 is 10.2 Å². The van der Waals surface area contributed by atoms with Crippen LogP contribution in [0.4, 0.5) is 23.7 Å². The van der Waals surface area contributed by atoms with Crippen molar-refractivity contribution in [1.82, 2.24) is 14.5 Å². The van der Waals surface area contributed by atoms with E-state index < -0.39 is 23.5 Å². The standard InChI is InChI=1S/C20H17F3N4O2/c21-12-1-3-17-15(9-12)19(28)27(11-24-17)14-5-7-26(8-6-14)20(29)25-18-4-2-13(22)10-16(18)23/h1-4,9-11,14H,5-8H2,(H,25,29). The molecular weight excluding hydrogens is 385 g/mol. The number of anilines is 1. The van der Waals surface area contributed by atoms with Crippen molar-refractivity contribution in [2.45, 2.75) is 18.9 Å². The molecule has 2 heterocycles. The Kier molecular flexibility index (Phi) is 4.96. The Hall–Kier alpha value is -3.36. The molecule has 9 heteroatoms. The molecular formula is C20H17F3N4O2. The van der Waals surface area contributed by atoms with Crippen LogP contribution in [0.3, 0.4) is 0 Å². The second kappa shape index (κ2) is 7.57. The van der Waals surface area contributed by atoms with Crippen LogP contribution in [0, 0.1) is 17.5 Å². The summed E-state index contributed by atoms with van der Waals surface area (Å²) in [6.07, 6.45) is 2.42. The number of nitrogens with zero attached hydrogens (tertiary/aromatic N) is 3. The van der Waals surface area contributed by atoms with Crippen molar-refractivity contribution in [1.29, 1.82) is 0 Å². The summed E-state index contributed by atoms with van der Waals surface area (Å²) in [7, 11) is 0. The largest absolute Gasteiger partial charge is 0.324 e. The fourth-order valence-electron chi connectivity index (χ4n) is 3.50. The number of hydrogen-bond donors (Lipinski definition) is 1. The molecule has 6 nitrogen and oxygen atoms in total. The molecule has 0 saturated carbocycles. The first-order chi connectivity index (χ1) is 13.9. The minimum absolute atomic E-state index is 0.101. The molecule has 1 fully saturated rings. The molecule has 0 aliphatic carbocycles. The second-order valence-electron chi connectivity index (χ2n) is 6.89. The van der Waals surface area contributed by atoms with Gasteiger partial charge in [-0.1, -0.05) is 0 Å². The Morgan fingerprint density at radius 2 is 1.72 bits per heavy atom. The lowest BCUT2D eigenvalue weighted by atomic mass is 10.0. The zero-order valence-electron chi connectivity index (χ0n) is 15.2. The van der Waals surface area contributed by atoms with Gasteiger partial charge in [0.15, 0.2) is 0 Å². The average molecular weight is 402 g/mol. The monoisotopic (exact) mass is 402 g/mol. The smallest absolute Gasteiger partial charge is 0.321 e. The van der Waals surface area contributed by atoms with Crippen molar-refractivity contribution in [3.63, 3.8) is 0 Å². The molecule has 0 unspecified atom stereocenters. The molecule has 1 aliphatic heterocycles. The summed E-state index contributed by atoms with van der Waals surface area (Å²) in [5.41, 5.74) is -0.00734. The molecule has 0 bridgehead atoms. The second-order valence-corrected chi connectivity index (χ2v) is 6.89. The number of urea groups is 1. The van der Waals surface area contributed by atoms with Gasteiger partial charge in [0.25, 0.3) is 5.56 Å². The zero-order chi connectivity index (χ0) is 20.5. The van der Waals surface area contributed by atoms with Crippen LogP contribution in [0.5, 0.6) is 0 Å². The normalized spacial score (nSPS) is 14.9. The maximum Gasteiger partial charge on any atom is 0.321 e.